The van der Waals surface area contributed by atoms with Gasteiger partial charge in [0, 0.05) is 12.8 Å². The van der Waals surface area contributed by atoms with E-state index in [0.29, 0.717) is 12.8 Å². The molecule has 6 heteroatoms. The number of hydrogen-bond acceptors (Lipinski definition) is 4. The van der Waals surface area contributed by atoms with E-state index in [4.69, 9.17) is 10.2 Å². The summed E-state index contributed by atoms with van der Waals surface area (Å²) in [7, 11) is 0. The lowest BCUT2D eigenvalue weighted by molar-refractivity contribution is -0.127. The van der Waals surface area contributed by atoms with Gasteiger partial charge in [-0.2, -0.15) is 0 Å². The van der Waals surface area contributed by atoms with Crippen LogP contribution in [-0.4, -0.2) is 47.3 Å². The zero-order chi connectivity index (χ0) is 14.0. The Balaban J connectivity index is 3.87. The number of nitrogens with one attached hydrogen (secondary N) is 2. The summed E-state index contributed by atoms with van der Waals surface area (Å²) in [6, 6.07) is -0.497. The van der Waals surface area contributed by atoms with Crippen LogP contribution in [0.3, 0.4) is 0 Å². The Hall–Kier alpha value is -1.14. The molecule has 2 amide bonds. The van der Waals surface area contributed by atoms with E-state index < -0.39 is 0 Å². The molecule has 0 aromatic carbocycles. The maximum absolute atomic E-state index is 11.4. The van der Waals surface area contributed by atoms with Crippen LogP contribution in [0.4, 0.5) is 0 Å². The molecule has 2 atom stereocenters. The summed E-state index contributed by atoms with van der Waals surface area (Å²) in [6.45, 7) is 3.52. The highest BCUT2D eigenvalue weighted by Crippen LogP contribution is 1.96. The van der Waals surface area contributed by atoms with E-state index >= 15 is 0 Å². The fourth-order valence-corrected chi connectivity index (χ4v) is 1.38. The molecule has 0 rings (SSSR count). The van der Waals surface area contributed by atoms with E-state index in [1.54, 1.807) is 0 Å². The summed E-state index contributed by atoms with van der Waals surface area (Å²) >= 11 is 0. The second-order valence-corrected chi connectivity index (χ2v) is 4.21. The summed E-state index contributed by atoms with van der Waals surface area (Å²) in [4.78, 5) is 22.9. The minimum atomic E-state index is -0.249. The van der Waals surface area contributed by atoms with Crippen molar-refractivity contribution in [3.05, 3.63) is 0 Å². The molecule has 0 spiro atoms. The van der Waals surface area contributed by atoms with Gasteiger partial charge in [-0.15, -0.1) is 0 Å². The molecule has 0 fully saturated rings. The van der Waals surface area contributed by atoms with Crippen LogP contribution in [0.5, 0.6) is 0 Å². The second kappa shape index (κ2) is 9.85. The molecular weight excluding hydrogens is 236 g/mol. The van der Waals surface area contributed by atoms with Crippen LogP contribution in [0.15, 0.2) is 0 Å². The van der Waals surface area contributed by atoms with Crippen LogP contribution >= 0.6 is 0 Å². The summed E-state index contributed by atoms with van der Waals surface area (Å²) in [5, 5.41) is 23.1. The fourth-order valence-electron chi connectivity index (χ4n) is 1.38. The maximum Gasteiger partial charge on any atom is 0.220 e. The first-order chi connectivity index (χ1) is 8.57. The predicted octanol–water partition coefficient (Wildman–Crippen LogP) is -0.459. The topological polar surface area (TPSA) is 98.7 Å². The van der Waals surface area contributed by atoms with Gasteiger partial charge in [-0.05, 0) is 12.8 Å². The molecule has 0 aliphatic rings. The Labute approximate surface area is 108 Å². The first-order valence-electron chi connectivity index (χ1n) is 6.37. The van der Waals surface area contributed by atoms with E-state index in [9.17, 15) is 9.59 Å². The molecule has 0 aromatic heterocycles. The monoisotopic (exact) mass is 260 g/mol. The molecule has 0 heterocycles. The van der Waals surface area contributed by atoms with Crippen LogP contribution < -0.4 is 10.6 Å². The highest BCUT2D eigenvalue weighted by molar-refractivity contribution is 5.83. The van der Waals surface area contributed by atoms with E-state index in [-0.39, 0.29) is 50.0 Å². The van der Waals surface area contributed by atoms with Crippen LogP contribution in [0.2, 0.25) is 0 Å². The van der Waals surface area contributed by atoms with Gasteiger partial charge in [0.1, 0.15) is 0 Å². The summed E-state index contributed by atoms with van der Waals surface area (Å²) in [5.41, 5.74) is 0. The third-order valence-electron chi connectivity index (χ3n) is 2.74. The summed E-state index contributed by atoms with van der Waals surface area (Å²) in [5.74, 6) is -0.494. The van der Waals surface area contributed by atoms with Gasteiger partial charge >= 0.3 is 0 Å². The second-order valence-electron chi connectivity index (χ2n) is 4.21. The summed E-state index contributed by atoms with van der Waals surface area (Å²) in [6.07, 6.45) is 1.47. The lowest BCUT2D eigenvalue weighted by Gasteiger charge is -2.15. The normalized spacial score (nSPS) is 13.8. The van der Waals surface area contributed by atoms with Crippen LogP contribution in [0.1, 0.15) is 39.5 Å². The van der Waals surface area contributed by atoms with Crippen molar-refractivity contribution in [2.45, 2.75) is 51.6 Å². The highest BCUT2D eigenvalue weighted by atomic mass is 16.3. The van der Waals surface area contributed by atoms with Crippen LogP contribution in [-0.2, 0) is 9.59 Å². The third kappa shape index (κ3) is 7.24. The average Bonchev–Trinajstić information content (AvgIpc) is 2.39. The van der Waals surface area contributed by atoms with Crippen molar-refractivity contribution in [3.8, 4) is 0 Å². The molecule has 106 valence electrons. The van der Waals surface area contributed by atoms with E-state index in [1.807, 2.05) is 13.8 Å². The van der Waals surface area contributed by atoms with E-state index in [2.05, 4.69) is 10.6 Å². The molecule has 0 aromatic rings. The van der Waals surface area contributed by atoms with Gasteiger partial charge in [-0.3, -0.25) is 9.59 Å². The molecule has 6 nitrogen and oxygen atoms in total. The Kier molecular flexibility index (Phi) is 9.22. The molecule has 18 heavy (non-hydrogen) atoms. The molecule has 0 bridgehead atoms. The van der Waals surface area contributed by atoms with Crippen molar-refractivity contribution < 1.29 is 19.8 Å². The molecule has 0 radical (unpaired) electrons. The first-order valence-corrected chi connectivity index (χ1v) is 6.37. The average molecular weight is 260 g/mol. The standard InChI is InChI=1S/C12H24N2O4/c1-3-9(7-15)13-11(17)5-6-12(18)14-10(4-2)8-16/h9-10,15-16H,3-8H2,1-2H3,(H,13,17)(H,14,18). The minimum Gasteiger partial charge on any atom is -0.394 e. The number of carbonyl (C=O) groups is 2. The molecule has 0 aliphatic carbocycles. The number of aliphatic hydroxyl groups is 2. The number of carbonyl (C=O) groups excluding carboxylic acids is 2. The third-order valence-corrected chi connectivity index (χ3v) is 2.74. The van der Waals surface area contributed by atoms with Gasteiger partial charge in [-0.1, -0.05) is 13.8 Å². The van der Waals surface area contributed by atoms with E-state index in [0.717, 1.165) is 0 Å². The van der Waals surface area contributed by atoms with Gasteiger partial charge in [0.05, 0.1) is 25.3 Å². The Morgan fingerprint density at radius 2 is 1.22 bits per heavy atom. The number of aliphatic hydroxyl groups excluding tert-OH is 2. The predicted molar refractivity (Wildman–Crippen MR) is 67.8 cm³/mol. The van der Waals surface area contributed by atoms with Gasteiger partial charge in [0.25, 0.3) is 0 Å². The van der Waals surface area contributed by atoms with Crippen LogP contribution in [0, 0.1) is 0 Å². The van der Waals surface area contributed by atoms with Crippen molar-refractivity contribution in [1.82, 2.24) is 10.6 Å². The van der Waals surface area contributed by atoms with Crippen molar-refractivity contribution in [2.75, 3.05) is 13.2 Å². The Bertz CT molecular complexity index is 224. The van der Waals surface area contributed by atoms with Gasteiger partial charge in [0.2, 0.25) is 11.8 Å². The molecular formula is C12H24N2O4. The van der Waals surface area contributed by atoms with E-state index in [1.165, 1.54) is 0 Å². The SMILES string of the molecule is CCC(CO)NC(=O)CCC(=O)NC(CC)CO. The molecule has 4 N–H and O–H groups in total. The molecule has 2 unspecified atom stereocenters. The van der Waals surface area contributed by atoms with Gasteiger partial charge in [0.15, 0.2) is 0 Å². The van der Waals surface area contributed by atoms with Gasteiger partial charge < -0.3 is 20.8 Å². The smallest absolute Gasteiger partial charge is 0.220 e. The quantitative estimate of drug-likeness (QED) is 0.451. The number of rotatable bonds is 9. The zero-order valence-electron chi connectivity index (χ0n) is 11.1. The van der Waals surface area contributed by atoms with Crippen molar-refractivity contribution in [1.29, 1.82) is 0 Å². The molecule has 0 aliphatic heterocycles. The number of hydrogen-bond donors (Lipinski definition) is 4. The van der Waals surface area contributed by atoms with Crippen molar-refractivity contribution >= 4 is 11.8 Å². The Morgan fingerprint density at radius 3 is 1.44 bits per heavy atom. The van der Waals surface area contributed by atoms with Gasteiger partial charge in [-0.25, -0.2) is 0 Å². The molecule has 0 saturated carbocycles. The minimum absolute atomic E-state index is 0.0875. The fraction of sp³-hybridized carbons (Fsp3) is 0.833. The maximum atomic E-state index is 11.4. The lowest BCUT2D eigenvalue weighted by atomic mass is 10.2. The van der Waals surface area contributed by atoms with Crippen LogP contribution in [0.25, 0.3) is 0 Å². The van der Waals surface area contributed by atoms with Crippen molar-refractivity contribution in [2.24, 2.45) is 0 Å². The summed E-state index contributed by atoms with van der Waals surface area (Å²) < 4.78 is 0. The first kappa shape index (κ1) is 16.9. The highest BCUT2D eigenvalue weighted by Gasteiger charge is 2.13. The Morgan fingerprint density at radius 1 is 0.889 bits per heavy atom. The zero-order valence-corrected chi connectivity index (χ0v) is 11.1. The largest absolute Gasteiger partial charge is 0.394 e. The lowest BCUT2D eigenvalue weighted by Crippen LogP contribution is -2.39. The molecule has 0 saturated heterocycles. The van der Waals surface area contributed by atoms with Crippen molar-refractivity contribution in [3.63, 3.8) is 0 Å². The number of amides is 2.